The van der Waals surface area contributed by atoms with Crippen molar-refractivity contribution in [1.82, 2.24) is 9.88 Å². The van der Waals surface area contributed by atoms with E-state index in [9.17, 15) is 9.90 Å². The number of nitrogens with one attached hydrogen (secondary N) is 1. The summed E-state index contributed by atoms with van der Waals surface area (Å²) >= 11 is 0. The minimum absolute atomic E-state index is 0.0656. The van der Waals surface area contributed by atoms with Crippen LogP contribution in [0.15, 0.2) is 41.2 Å². The molecular formula is C15H18N2O2. The van der Waals surface area contributed by atoms with Crippen LogP contribution in [0.2, 0.25) is 0 Å². The van der Waals surface area contributed by atoms with Gasteiger partial charge in [0, 0.05) is 18.7 Å². The van der Waals surface area contributed by atoms with Crippen molar-refractivity contribution in [3.63, 3.8) is 0 Å². The molecule has 1 saturated carbocycles. The summed E-state index contributed by atoms with van der Waals surface area (Å²) in [5.74, 6) is 0. The Morgan fingerprint density at radius 1 is 1.26 bits per heavy atom. The Hall–Kier alpha value is -1.65. The Bertz CT molecular complexity index is 631. The highest BCUT2D eigenvalue weighted by Gasteiger charge is 2.21. The highest BCUT2D eigenvalue weighted by atomic mass is 16.3. The summed E-state index contributed by atoms with van der Waals surface area (Å²) in [5.41, 5.74) is 0.810. The molecule has 4 heteroatoms. The van der Waals surface area contributed by atoms with Crippen LogP contribution in [0.5, 0.6) is 0 Å². The zero-order valence-corrected chi connectivity index (χ0v) is 10.7. The second-order valence-electron chi connectivity index (χ2n) is 5.18. The molecule has 1 unspecified atom stereocenters. The highest BCUT2D eigenvalue weighted by molar-refractivity contribution is 5.78. The van der Waals surface area contributed by atoms with Gasteiger partial charge in [-0.2, -0.15) is 0 Å². The Kier molecular flexibility index (Phi) is 3.36. The van der Waals surface area contributed by atoms with E-state index in [1.165, 1.54) is 12.8 Å². The maximum absolute atomic E-state index is 12.0. The number of rotatable bonds is 5. The van der Waals surface area contributed by atoms with E-state index in [1.54, 1.807) is 10.6 Å². The summed E-state index contributed by atoms with van der Waals surface area (Å²) in [7, 11) is 0. The van der Waals surface area contributed by atoms with Crippen LogP contribution >= 0.6 is 0 Å². The molecule has 1 atom stereocenters. The van der Waals surface area contributed by atoms with Gasteiger partial charge in [-0.25, -0.2) is 0 Å². The first-order chi connectivity index (χ1) is 9.24. The quantitative estimate of drug-likeness (QED) is 0.845. The average Bonchev–Trinajstić information content (AvgIpc) is 3.24. The molecule has 0 bridgehead atoms. The van der Waals surface area contributed by atoms with Crippen LogP contribution in [-0.4, -0.2) is 28.4 Å². The lowest BCUT2D eigenvalue weighted by atomic mass is 10.2. The molecule has 1 aliphatic carbocycles. The first-order valence-electron chi connectivity index (χ1n) is 6.74. The van der Waals surface area contributed by atoms with Crippen molar-refractivity contribution in [2.45, 2.75) is 31.5 Å². The summed E-state index contributed by atoms with van der Waals surface area (Å²) in [4.78, 5) is 12.0. The third-order valence-corrected chi connectivity index (χ3v) is 3.51. The minimum atomic E-state index is -0.538. The van der Waals surface area contributed by atoms with Gasteiger partial charge in [-0.15, -0.1) is 0 Å². The molecule has 1 aromatic heterocycles. The Labute approximate surface area is 111 Å². The molecule has 1 aromatic carbocycles. The number of fused-ring (bicyclic) bond motifs is 1. The average molecular weight is 258 g/mol. The van der Waals surface area contributed by atoms with E-state index in [0.29, 0.717) is 19.1 Å². The molecule has 1 heterocycles. The van der Waals surface area contributed by atoms with Crippen LogP contribution in [0.3, 0.4) is 0 Å². The molecule has 0 radical (unpaired) electrons. The molecular weight excluding hydrogens is 240 g/mol. The first-order valence-corrected chi connectivity index (χ1v) is 6.74. The zero-order valence-electron chi connectivity index (χ0n) is 10.7. The predicted octanol–water partition coefficient (Wildman–Crippen LogP) is 1.11. The van der Waals surface area contributed by atoms with E-state index >= 15 is 0 Å². The molecule has 0 saturated heterocycles. The fourth-order valence-electron chi connectivity index (χ4n) is 2.30. The van der Waals surface area contributed by atoms with Crippen molar-refractivity contribution >= 4 is 10.9 Å². The largest absolute Gasteiger partial charge is 0.390 e. The lowest BCUT2D eigenvalue weighted by Gasteiger charge is -2.15. The van der Waals surface area contributed by atoms with E-state index in [0.717, 1.165) is 10.9 Å². The normalized spacial score (nSPS) is 16.7. The number of para-hydroxylation sites is 1. The molecule has 2 N–H and O–H groups in total. The van der Waals surface area contributed by atoms with Crippen LogP contribution < -0.4 is 10.9 Å². The van der Waals surface area contributed by atoms with E-state index < -0.39 is 6.10 Å². The molecule has 0 aliphatic heterocycles. The Morgan fingerprint density at radius 2 is 2.05 bits per heavy atom. The Balaban J connectivity index is 1.82. The van der Waals surface area contributed by atoms with Gasteiger partial charge in [0.15, 0.2) is 0 Å². The van der Waals surface area contributed by atoms with E-state index in [-0.39, 0.29) is 5.56 Å². The summed E-state index contributed by atoms with van der Waals surface area (Å²) in [6.07, 6.45) is 1.85. The van der Waals surface area contributed by atoms with Crippen molar-refractivity contribution in [1.29, 1.82) is 0 Å². The smallest absolute Gasteiger partial charge is 0.251 e. The number of hydrogen-bond acceptors (Lipinski definition) is 3. The van der Waals surface area contributed by atoms with Gasteiger partial charge in [0.2, 0.25) is 0 Å². The van der Waals surface area contributed by atoms with E-state index in [1.807, 2.05) is 30.3 Å². The molecule has 4 nitrogen and oxygen atoms in total. The Morgan fingerprint density at radius 3 is 2.84 bits per heavy atom. The van der Waals surface area contributed by atoms with Gasteiger partial charge < -0.3 is 15.0 Å². The lowest BCUT2D eigenvalue weighted by Crippen LogP contribution is -2.34. The summed E-state index contributed by atoms with van der Waals surface area (Å²) in [5, 5.41) is 14.3. The van der Waals surface area contributed by atoms with Crippen LogP contribution in [0.1, 0.15) is 12.8 Å². The van der Waals surface area contributed by atoms with Gasteiger partial charge in [0.05, 0.1) is 18.2 Å². The molecule has 1 fully saturated rings. The predicted molar refractivity (Wildman–Crippen MR) is 75.2 cm³/mol. The molecule has 3 rings (SSSR count). The van der Waals surface area contributed by atoms with Gasteiger partial charge in [-0.3, -0.25) is 4.79 Å². The molecule has 19 heavy (non-hydrogen) atoms. The topological polar surface area (TPSA) is 54.3 Å². The fraction of sp³-hybridized carbons (Fsp3) is 0.400. The standard InChI is InChI=1S/C15H18N2O2/c18-13(9-16-12-6-7-12)10-17-14-4-2-1-3-11(14)5-8-15(17)19/h1-5,8,12-13,16,18H,6-7,9-10H2. The second-order valence-corrected chi connectivity index (χ2v) is 5.18. The molecule has 1 aliphatic rings. The number of hydrogen-bond donors (Lipinski definition) is 2. The van der Waals surface area contributed by atoms with Crippen LogP contribution in [0.4, 0.5) is 0 Å². The number of aliphatic hydroxyl groups excluding tert-OH is 1. The van der Waals surface area contributed by atoms with Crippen LogP contribution in [0, 0.1) is 0 Å². The number of benzene rings is 1. The number of pyridine rings is 1. The number of aliphatic hydroxyl groups is 1. The van der Waals surface area contributed by atoms with Gasteiger partial charge in [0.1, 0.15) is 0 Å². The van der Waals surface area contributed by atoms with Crippen molar-refractivity contribution in [3.05, 3.63) is 46.8 Å². The molecule has 2 aromatic rings. The molecule has 0 spiro atoms. The van der Waals surface area contributed by atoms with Crippen molar-refractivity contribution in [3.8, 4) is 0 Å². The molecule has 0 amide bonds. The summed E-state index contributed by atoms with van der Waals surface area (Å²) in [6, 6.07) is 11.7. The van der Waals surface area contributed by atoms with Gasteiger partial charge >= 0.3 is 0 Å². The van der Waals surface area contributed by atoms with E-state index in [2.05, 4.69) is 5.32 Å². The zero-order chi connectivity index (χ0) is 13.2. The maximum Gasteiger partial charge on any atom is 0.251 e. The monoisotopic (exact) mass is 258 g/mol. The summed E-state index contributed by atoms with van der Waals surface area (Å²) < 4.78 is 1.65. The number of nitrogens with zero attached hydrogens (tertiary/aromatic N) is 1. The third kappa shape index (κ3) is 2.85. The van der Waals surface area contributed by atoms with Crippen molar-refractivity contribution < 1.29 is 5.11 Å². The number of aromatic nitrogens is 1. The van der Waals surface area contributed by atoms with Crippen LogP contribution in [-0.2, 0) is 6.54 Å². The fourth-order valence-corrected chi connectivity index (χ4v) is 2.30. The van der Waals surface area contributed by atoms with Crippen molar-refractivity contribution in [2.75, 3.05) is 6.54 Å². The van der Waals surface area contributed by atoms with E-state index in [4.69, 9.17) is 0 Å². The maximum atomic E-state index is 12.0. The first kappa shape index (κ1) is 12.4. The minimum Gasteiger partial charge on any atom is -0.390 e. The van der Waals surface area contributed by atoms with Gasteiger partial charge in [-0.05, 0) is 30.4 Å². The van der Waals surface area contributed by atoms with Gasteiger partial charge in [-0.1, -0.05) is 18.2 Å². The van der Waals surface area contributed by atoms with Crippen molar-refractivity contribution in [2.24, 2.45) is 0 Å². The second kappa shape index (κ2) is 5.15. The third-order valence-electron chi connectivity index (χ3n) is 3.51. The van der Waals surface area contributed by atoms with Crippen LogP contribution in [0.25, 0.3) is 10.9 Å². The van der Waals surface area contributed by atoms with Gasteiger partial charge in [0.25, 0.3) is 5.56 Å². The summed E-state index contributed by atoms with van der Waals surface area (Å²) in [6.45, 7) is 0.875. The lowest BCUT2D eigenvalue weighted by molar-refractivity contribution is 0.151. The highest BCUT2D eigenvalue weighted by Crippen LogP contribution is 2.18. The SMILES string of the molecule is O=c1ccc2ccccc2n1CC(O)CNC1CC1. The molecule has 100 valence electrons.